The topological polar surface area (TPSA) is 97.1 Å². The van der Waals surface area contributed by atoms with Crippen LogP contribution in [0.2, 0.25) is 0 Å². The van der Waals surface area contributed by atoms with Gasteiger partial charge in [-0.25, -0.2) is 10.8 Å². The molecule has 0 aliphatic heterocycles. The molecule has 0 aliphatic carbocycles. The van der Waals surface area contributed by atoms with Crippen LogP contribution in [-0.2, 0) is 9.59 Å². The number of amides is 2. The minimum Gasteiger partial charge on any atom is -0.356 e. The van der Waals surface area contributed by atoms with E-state index in [4.69, 9.17) is 5.84 Å². The molecule has 2 amide bonds. The smallest absolute Gasteiger partial charge is 0.235 e. The average Bonchev–Trinajstić information content (AvgIpc) is 2.44. The summed E-state index contributed by atoms with van der Waals surface area (Å²) in [7, 11) is 3.11. The number of aromatic nitrogens is 1. The number of nitrogens with zero attached hydrogens (tertiary/aromatic N) is 1. The molecule has 104 valence electrons. The van der Waals surface area contributed by atoms with Crippen LogP contribution in [0.25, 0.3) is 0 Å². The van der Waals surface area contributed by atoms with Gasteiger partial charge in [0.05, 0.1) is 0 Å². The highest BCUT2D eigenvalue weighted by Crippen LogP contribution is 2.29. The zero-order chi connectivity index (χ0) is 13.9. The lowest BCUT2D eigenvalue weighted by Crippen LogP contribution is -2.34. The summed E-state index contributed by atoms with van der Waals surface area (Å²) in [6.45, 7) is 0.305. The van der Waals surface area contributed by atoms with E-state index in [0.717, 1.165) is 5.03 Å². The number of rotatable bonds is 8. The number of hydrogen-bond donors (Lipinski definition) is 3. The quantitative estimate of drug-likeness (QED) is 0.215. The minimum atomic E-state index is -0.291. The predicted molar refractivity (Wildman–Crippen MR) is 77.1 cm³/mol. The predicted octanol–water partition coefficient (Wildman–Crippen LogP) is 0.708. The number of nitrogens with two attached hydrogens (primary N) is 1. The first-order chi connectivity index (χ1) is 9.22. The Hall–Kier alpha value is -1.25. The van der Waals surface area contributed by atoms with Crippen molar-refractivity contribution < 1.29 is 9.59 Å². The first-order valence-corrected chi connectivity index (χ1v) is 8.01. The fraction of sp³-hybridized carbons (Fsp3) is 0.364. The molecule has 0 radical (unpaired) electrons. The van der Waals surface area contributed by atoms with E-state index < -0.39 is 0 Å². The number of pyridine rings is 1. The van der Waals surface area contributed by atoms with E-state index in [0.29, 0.717) is 18.7 Å². The van der Waals surface area contributed by atoms with Crippen molar-refractivity contribution in [3.63, 3.8) is 0 Å². The van der Waals surface area contributed by atoms with Crippen molar-refractivity contribution in [3.8, 4) is 0 Å². The third kappa shape index (κ3) is 7.70. The lowest BCUT2D eigenvalue weighted by Gasteiger charge is -2.04. The molecule has 1 aromatic rings. The van der Waals surface area contributed by atoms with Crippen molar-refractivity contribution in [3.05, 3.63) is 24.4 Å². The lowest BCUT2D eigenvalue weighted by molar-refractivity contribution is -0.122. The highest BCUT2D eigenvalue weighted by Gasteiger charge is 2.03. The zero-order valence-corrected chi connectivity index (χ0v) is 11.9. The molecule has 0 aromatic carbocycles. The summed E-state index contributed by atoms with van der Waals surface area (Å²) in [5, 5.41) is 3.58. The van der Waals surface area contributed by atoms with Crippen LogP contribution in [0.15, 0.2) is 29.4 Å². The van der Waals surface area contributed by atoms with E-state index in [9.17, 15) is 9.59 Å². The van der Waals surface area contributed by atoms with Gasteiger partial charge in [0.25, 0.3) is 0 Å². The second-order valence-corrected chi connectivity index (χ2v) is 5.93. The van der Waals surface area contributed by atoms with E-state index >= 15 is 0 Å². The van der Waals surface area contributed by atoms with E-state index in [1.165, 1.54) is 10.8 Å². The molecule has 0 saturated heterocycles. The molecule has 4 N–H and O–H groups in total. The summed E-state index contributed by atoms with van der Waals surface area (Å²) in [4.78, 5) is 26.4. The highest BCUT2D eigenvalue weighted by molar-refractivity contribution is 8.76. The van der Waals surface area contributed by atoms with Crippen LogP contribution in [-0.4, -0.2) is 29.1 Å². The molecule has 0 aliphatic rings. The van der Waals surface area contributed by atoms with Gasteiger partial charge in [-0.3, -0.25) is 15.0 Å². The van der Waals surface area contributed by atoms with Gasteiger partial charge in [-0.2, -0.15) is 0 Å². The van der Waals surface area contributed by atoms with Gasteiger partial charge in [-0.15, -0.1) is 0 Å². The van der Waals surface area contributed by atoms with Gasteiger partial charge in [0.2, 0.25) is 11.8 Å². The van der Waals surface area contributed by atoms with Crippen molar-refractivity contribution in [2.75, 3.05) is 12.3 Å². The molecule has 8 heteroatoms. The number of nitrogens with one attached hydrogen (secondary N) is 2. The largest absolute Gasteiger partial charge is 0.356 e. The summed E-state index contributed by atoms with van der Waals surface area (Å²) in [5.74, 6) is 5.25. The van der Waals surface area contributed by atoms with Gasteiger partial charge in [-0.1, -0.05) is 16.9 Å². The summed E-state index contributed by atoms with van der Waals surface area (Å²) < 4.78 is 0. The van der Waals surface area contributed by atoms with Crippen LogP contribution in [0.1, 0.15) is 12.8 Å². The zero-order valence-electron chi connectivity index (χ0n) is 10.3. The number of carbonyl (C=O) groups is 2. The Morgan fingerprint density at radius 1 is 1.26 bits per heavy atom. The van der Waals surface area contributed by atoms with Crippen LogP contribution in [0.3, 0.4) is 0 Å². The van der Waals surface area contributed by atoms with Gasteiger partial charge < -0.3 is 5.32 Å². The van der Waals surface area contributed by atoms with Gasteiger partial charge in [0.15, 0.2) is 0 Å². The van der Waals surface area contributed by atoms with Gasteiger partial charge >= 0.3 is 0 Å². The molecule has 6 nitrogen and oxygen atoms in total. The highest BCUT2D eigenvalue weighted by atomic mass is 33.1. The summed E-state index contributed by atoms with van der Waals surface area (Å²) in [6.07, 6.45) is 2.34. The fourth-order valence-corrected chi connectivity index (χ4v) is 2.98. The second kappa shape index (κ2) is 9.65. The number of hydrogen-bond acceptors (Lipinski definition) is 6. The van der Waals surface area contributed by atoms with E-state index in [1.807, 2.05) is 23.6 Å². The second-order valence-electron chi connectivity index (χ2n) is 3.49. The van der Waals surface area contributed by atoms with Gasteiger partial charge in [0.1, 0.15) is 5.03 Å². The fourth-order valence-electron chi connectivity index (χ4n) is 1.11. The molecule has 1 heterocycles. The average molecular weight is 300 g/mol. The summed E-state index contributed by atoms with van der Waals surface area (Å²) in [5.41, 5.74) is 2.00. The Bertz CT molecular complexity index is 403. The van der Waals surface area contributed by atoms with E-state index in [2.05, 4.69) is 10.3 Å². The van der Waals surface area contributed by atoms with Crippen LogP contribution < -0.4 is 16.6 Å². The Kier molecular flexibility index (Phi) is 8.03. The molecule has 1 aromatic heterocycles. The summed E-state index contributed by atoms with van der Waals surface area (Å²) >= 11 is 0. The Morgan fingerprint density at radius 2 is 2.11 bits per heavy atom. The Morgan fingerprint density at radius 3 is 2.79 bits per heavy atom. The standard InChI is InChI=1S/C11H16N4O2S2/c12-15-10(17)4-7-13-9(16)5-8-18-19-11-3-1-2-6-14-11/h1-3,6H,4-5,7-8,12H2,(H,13,16)(H,15,17). The number of carbonyl (C=O) groups excluding carboxylic acids is 2. The first kappa shape index (κ1) is 15.8. The lowest BCUT2D eigenvalue weighted by atomic mass is 10.4. The van der Waals surface area contributed by atoms with Crippen LogP contribution in [0.5, 0.6) is 0 Å². The SMILES string of the molecule is NNC(=O)CCNC(=O)CCSSc1ccccn1. The normalized spacial score (nSPS) is 9.95. The van der Waals surface area contributed by atoms with Crippen molar-refractivity contribution in [1.29, 1.82) is 0 Å². The van der Waals surface area contributed by atoms with Gasteiger partial charge in [-0.05, 0) is 22.9 Å². The van der Waals surface area contributed by atoms with Crippen molar-refractivity contribution >= 4 is 33.4 Å². The number of hydrazine groups is 1. The van der Waals surface area contributed by atoms with E-state index in [-0.39, 0.29) is 18.2 Å². The molecule has 0 unspecified atom stereocenters. The van der Waals surface area contributed by atoms with Gasteiger partial charge in [0, 0.05) is 31.3 Å². The monoisotopic (exact) mass is 300 g/mol. The van der Waals surface area contributed by atoms with Crippen molar-refractivity contribution in [1.82, 2.24) is 15.7 Å². The molecule has 0 fully saturated rings. The molecule has 19 heavy (non-hydrogen) atoms. The maximum absolute atomic E-state index is 11.4. The third-order valence-corrected chi connectivity index (χ3v) is 4.30. The molecule has 1 rings (SSSR count). The minimum absolute atomic E-state index is 0.0704. The maximum atomic E-state index is 11.4. The molecular weight excluding hydrogens is 284 g/mol. The molecule has 0 bridgehead atoms. The van der Waals surface area contributed by atoms with Crippen molar-refractivity contribution in [2.24, 2.45) is 5.84 Å². The Balaban J connectivity index is 2.03. The Labute approximate surface area is 119 Å². The third-order valence-electron chi connectivity index (χ3n) is 2.03. The summed E-state index contributed by atoms with van der Waals surface area (Å²) in [6, 6.07) is 5.70. The van der Waals surface area contributed by atoms with Crippen molar-refractivity contribution in [2.45, 2.75) is 17.9 Å². The van der Waals surface area contributed by atoms with Crippen LogP contribution in [0, 0.1) is 0 Å². The van der Waals surface area contributed by atoms with Crippen LogP contribution >= 0.6 is 21.6 Å². The maximum Gasteiger partial charge on any atom is 0.235 e. The van der Waals surface area contributed by atoms with Crippen LogP contribution in [0.4, 0.5) is 0 Å². The molecule has 0 spiro atoms. The first-order valence-electron chi connectivity index (χ1n) is 5.69. The molecular formula is C11H16N4O2S2. The molecule has 0 saturated carbocycles. The molecule has 0 atom stereocenters. The van der Waals surface area contributed by atoms with E-state index in [1.54, 1.807) is 17.0 Å².